The zero-order valence-electron chi connectivity index (χ0n) is 8.74. The summed E-state index contributed by atoms with van der Waals surface area (Å²) in [5.41, 5.74) is 2.14. The van der Waals surface area contributed by atoms with Crippen LogP contribution in [0, 0.1) is 18.7 Å². The van der Waals surface area contributed by atoms with E-state index in [1.807, 2.05) is 6.92 Å². The molecule has 2 rings (SSSR count). The number of rotatable bonds is 2. The molecule has 15 heavy (non-hydrogen) atoms. The molecule has 1 saturated heterocycles. The lowest BCUT2D eigenvalue weighted by molar-refractivity contribution is 0.149. The summed E-state index contributed by atoms with van der Waals surface area (Å²) in [7, 11) is 0. The first kappa shape index (κ1) is 11.0. The van der Waals surface area contributed by atoms with Crippen molar-refractivity contribution >= 4 is 11.8 Å². The predicted molar refractivity (Wildman–Crippen MR) is 61.7 cm³/mol. The molecular formula is C12H15FOS. The number of aliphatic hydroxyl groups is 1. The van der Waals surface area contributed by atoms with Crippen LogP contribution in [0.5, 0.6) is 0 Å². The normalized spacial score (nSPS) is 25.8. The summed E-state index contributed by atoms with van der Waals surface area (Å²) in [5.74, 6) is 1.90. The highest BCUT2D eigenvalue weighted by atomic mass is 32.2. The van der Waals surface area contributed by atoms with Crippen LogP contribution in [-0.4, -0.2) is 22.7 Å². The fourth-order valence-electron chi connectivity index (χ4n) is 1.92. The fraction of sp³-hybridized carbons (Fsp3) is 0.500. The van der Waals surface area contributed by atoms with E-state index in [2.05, 4.69) is 0 Å². The summed E-state index contributed by atoms with van der Waals surface area (Å²) >= 11 is 1.78. The maximum atomic E-state index is 13.1. The Balaban J connectivity index is 2.12. The third kappa shape index (κ3) is 2.52. The fourth-order valence-corrected chi connectivity index (χ4v) is 3.22. The Morgan fingerprint density at radius 3 is 2.93 bits per heavy atom. The van der Waals surface area contributed by atoms with E-state index < -0.39 is 0 Å². The summed E-state index contributed by atoms with van der Waals surface area (Å²) in [5, 5.41) is 9.70. The van der Waals surface area contributed by atoms with Crippen LogP contribution in [0.3, 0.4) is 0 Å². The van der Waals surface area contributed by atoms with Crippen molar-refractivity contribution < 1.29 is 9.50 Å². The second kappa shape index (κ2) is 4.54. The molecule has 1 aliphatic rings. The second-order valence-corrected chi connectivity index (χ2v) is 5.21. The van der Waals surface area contributed by atoms with Gasteiger partial charge in [0.05, 0.1) is 6.10 Å². The van der Waals surface area contributed by atoms with Gasteiger partial charge in [0.2, 0.25) is 0 Å². The first-order valence-corrected chi connectivity index (χ1v) is 6.33. The van der Waals surface area contributed by atoms with Gasteiger partial charge in [-0.1, -0.05) is 6.07 Å². The molecule has 0 aliphatic carbocycles. The molecule has 1 aromatic carbocycles. The first-order chi connectivity index (χ1) is 7.16. The third-order valence-corrected chi connectivity index (χ3v) is 4.20. The van der Waals surface area contributed by atoms with Gasteiger partial charge in [-0.25, -0.2) is 4.39 Å². The Hall–Kier alpha value is -0.540. The van der Waals surface area contributed by atoms with E-state index in [1.165, 1.54) is 6.07 Å². The summed E-state index contributed by atoms with van der Waals surface area (Å²) in [6.45, 7) is 1.99. The van der Waals surface area contributed by atoms with Gasteiger partial charge in [0, 0.05) is 5.75 Å². The topological polar surface area (TPSA) is 20.2 Å². The zero-order chi connectivity index (χ0) is 10.8. The van der Waals surface area contributed by atoms with Crippen molar-refractivity contribution in [2.24, 2.45) is 5.92 Å². The van der Waals surface area contributed by atoms with Crippen LogP contribution in [0.4, 0.5) is 4.39 Å². The van der Waals surface area contributed by atoms with Crippen molar-refractivity contribution in [2.75, 3.05) is 11.5 Å². The number of aliphatic hydroxyl groups excluding tert-OH is 1. The van der Waals surface area contributed by atoms with Gasteiger partial charge in [-0.2, -0.15) is 11.8 Å². The van der Waals surface area contributed by atoms with E-state index in [0.29, 0.717) is 0 Å². The molecule has 1 nitrogen and oxygen atoms in total. The van der Waals surface area contributed by atoms with E-state index in [4.69, 9.17) is 0 Å². The summed E-state index contributed by atoms with van der Waals surface area (Å²) in [6.07, 6.45) is 0.565. The van der Waals surface area contributed by atoms with E-state index in [1.54, 1.807) is 23.9 Å². The number of thioether (sulfide) groups is 1. The van der Waals surface area contributed by atoms with Gasteiger partial charge in [-0.15, -0.1) is 0 Å². The minimum absolute atomic E-state index is 0.185. The molecule has 2 unspecified atom stereocenters. The van der Waals surface area contributed by atoms with E-state index in [0.717, 1.165) is 29.1 Å². The molecule has 0 bridgehead atoms. The van der Waals surface area contributed by atoms with Gasteiger partial charge in [-0.05, 0) is 48.3 Å². The third-order valence-electron chi connectivity index (χ3n) is 2.96. The Morgan fingerprint density at radius 2 is 2.27 bits per heavy atom. The van der Waals surface area contributed by atoms with Gasteiger partial charge in [0.25, 0.3) is 0 Å². The first-order valence-electron chi connectivity index (χ1n) is 5.17. The highest BCUT2D eigenvalue weighted by molar-refractivity contribution is 7.99. The van der Waals surface area contributed by atoms with Crippen molar-refractivity contribution in [3.63, 3.8) is 0 Å². The average molecular weight is 226 g/mol. The lowest BCUT2D eigenvalue weighted by Crippen LogP contribution is -2.20. The van der Waals surface area contributed by atoms with Gasteiger partial charge >= 0.3 is 0 Å². The highest BCUT2D eigenvalue weighted by Gasteiger charge is 2.26. The molecule has 0 radical (unpaired) electrons. The maximum Gasteiger partial charge on any atom is 0.123 e. The molecule has 2 atom stereocenters. The highest BCUT2D eigenvalue weighted by Crippen LogP contribution is 2.28. The number of halogens is 1. The van der Waals surface area contributed by atoms with Gasteiger partial charge in [0.15, 0.2) is 0 Å². The molecule has 1 N–H and O–H groups in total. The molecule has 3 heteroatoms. The van der Waals surface area contributed by atoms with Crippen LogP contribution < -0.4 is 0 Å². The molecule has 1 aliphatic heterocycles. The quantitative estimate of drug-likeness (QED) is 0.835. The SMILES string of the molecule is Cc1ccc(F)cc1CC1CSCC1O. The van der Waals surface area contributed by atoms with Crippen molar-refractivity contribution in [2.45, 2.75) is 19.4 Å². The summed E-state index contributed by atoms with van der Waals surface area (Å²) in [4.78, 5) is 0. The van der Waals surface area contributed by atoms with Gasteiger partial charge in [0.1, 0.15) is 5.82 Å². The molecule has 1 fully saturated rings. The van der Waals surface area contributed by atoms with Crippen LogP contribution in [0.25, 0.3) is 0 Å². The van der Waals surface area contributed by atoms with Crippen molar-refractivity contribution in [1.82, 2.24) is 0 Å². The lowest BCUT2D eigenvalue weighted by atomic mass is 9.94. The number of aryl methyl sites for hydroxylation is 1. The standard InChI is InChI=1S/C12H15FOS/c1-8-2-3-11(13)5-9(8)4-10-6-15-7-12(10)14/h2-3,5,10,12,14H,4,6-7H2,1H3. The van der Waals surface area contributed by atoms with Crippen LogP contribution in [0.2, 0.25) is 0 Å². The number of hydrogen-bond acceptors (Lipinski definition) is 2. The smallest absolute Gasteiger partial charge is 0.123 e. The van der Waals surface area contributed by atoms with Crippen LogP contribution >= 0.6 is 11.8 Å². The molecular weight excluding hydrogens is 211 g/mol. The van der Waals surface area contributed by atoms with Gasteiger partial charge < -0.3 is 5.11 Å². The molecule has 1 aromatic rings. The van der Waals surface area contributed by atoms with Crippen LogP contribution in [-0.2, 0) is 6.42 Å². The summed E-state index contributed by atoms with van der Waals surface area (Å²) < 4.78 is 13.1. The molecule has 1 heterocycles. The number of benzene rings is 1. The Labute approximate surface area is 93.7 Å². The Morgan fingerprint density at radius 1 is 1.47 bits per heavy atom. The summed E-state index contributed by atoms with van der Waals surface area (Å²) in [6, 6.07) is 4.88. The monoisotopic (exact) mass is 226 g/mol. The minimum Gasteiger partial charge on any atom is -0.392 e. The van der Waals surface area contributed by atoms with Crippen LogP contribution in [0.15, 0.2) is 18.2 Å². The van der Waals surface area contributed by atoms with E-state index in [9.17, 15) is 9.50 Å². The Kier molecular flexibility index (Phi) is 3.32. The molecule has 82 valence electrons. The largest absolute Gasteiger partial charge is 0.392 e. The van der Waals surface area contributed by atoms with Crippen molar-refractivity contribution in [3.05, 3.63) is 35.1 Å². The van der Waals surface area contributed by atoms with Crippen molar-refractivity contribution in [1.29, 1.82) is 0 Å². The average Bonchev–Trinajstić information content (AvgIpc) is 2.58. The predicted octanol–water partition coefficient (Wildman–Crippen LogP) is 2.40. The Bertz CT molecular complexity index is 353. The van der Waals surface area contributed by atoms with Crippen LogP contribution in [0.1, 0.15) is 11.1 Å². The maximum absolute atomic E-state index is 13.1. The zero-order valence-corrected chi connectivity index (χ0v) is 9.56. The van der Waals surface area contributed by atoms with Gasteiger partial charge in [-0.3, -0.25) is 0 Å². The molecule has 0 spiro atoms. The molecule has 0 amide bonds. The number of hydrogen-bond donors (Lipinski definition) is 1. The second-order valence-electron chi connectivity index (χ2n) is 4.14. The minimum atomic E-state index is -0.224. The van der Waals surface area contributed by atoms with E-state index in [-0.39, 0.29) is 17.8 Å². The van der Waals surface area contributed by atoms with Crippen molar-refractivity contribution in [3.8, 4) is 0 Å². The molecule has 0 saturated carbocycles. The van der Waals surface area contributed by atoms with E-state index >= 15 is 0 Å². The lowest BCUT2D eigenvalue weighted by Gasteiger charge is -2.14. The molecule has 0 aromatic heterocycles.